The van der Waals surface area contributed by atoms with E-state index in [2.05, 4.69) is 5.32 Å². The van der Waals surface area contributed by atoms with Crippen molar-refractivity contribution in [3.63, 3.8) is 0 Å². The molecule has 1 heterocycles. The zero-order valence-electron chi connectivity index (χ0n) is 10.6. The van der Waals surface area contributed by atoms with Gasteiger partial charge in [0.05, 0.1) is 6.61 Å². The van der Waals surface area contributed by atoms with Crippen LogP contribution in [0, 0.1) is 5.92 Å². The van der Waals surface area contributed by atoms with Crippen LogP contribution in [0.15, 0.2) is 16.5 Å². The van der Waals surface area contributed by atoms with Gasteiger partial charge >= 0.3 is 5.97 Å². The minimum absolute atomic E-state index is 0.0327. The number of hydrogen-bond donors (Lipinski definition) is 2. The van der Waals surface area contributed by atoms with E-state index in [9.17, 15) is 9.59 Å². The summed E-state index contributed by atoms with van der Waals surface area (Å²) in [4.78, 5) is 22.7. The van der Waals surface area contributed by atoms with Crippen molar-refractivity contribution in [1.82, 2.24) is 5.32 Å². The summed E-state index contributed by atoms with van der Waals surface area (Å²) in [5.41, 5.74) is 0. The summed E-state index contributed by atoms with van der Waals surface area (Å²) in [6.07, 6.45) is 0. The summed E-state index contributed by atoms with van der Waals surface area (Å²) in [5, 5.41) is 11.4. The summed E-state index contributed by atoms with van der Waals surface area (Å²) in [6, 6.07) is 2.02. The first-order chi connectivity index (χ1) is 8.45. The molecular weight excluding hydrogens is 238 g/mol. The molecule has 2 N–H and O–H groups in total. The standard InChI is InChI=1S/C12H17NO5/c1-4-17-9-6-5-8(18-9)11(14)13-10(7(2)3)12(15)16/h5-7,10H,4H2,1-3H3,(H,13,14)(H,15,16)/t10-/m1/s1. The van der Waals surface area contributed by atoms with Gasteiger partial charge in [0.1, 0.15) is 6.04 Å². The largest absolute Gasteiger partial charge is 0.480 e. The number of rotatable bonds is 6. The summed E-state index contributed by atoms with van der Waals surface area (Å²) in [7, 11) is 0. The Kier molecular flexibility index (Phi) is 4.76. The van der Waals surface area contributed by atoms with Gasteiger partial charge in [-0.3, -0.25) is 4.79 Å². The Balaban J connectivity index is 2.71. The lowest BCUT2D eigenvalue weighted by molar-refractivity contribution is -0.140. The Morgan fingerprint density at radius 1 is 1.44 bits per heavy atom. The van der Waals surface area contributed by atoms with E-state index in [1.54, 1.807) is 20.8 Å². The lowest BCUT2D eigenvalue weighted by Gasteiger charge is -2.16. The Hall–Kier alpha value is -1.98. The van der Waals surface area contributed by atoms with Gasteiger partial charge in [-0.1, -0.05) is 13.8 Å². The van der Waals surface area contributed by atoms with Gasteiger partial charge in [-0.15, -0.1) is 0 Å². The van der Waals surface area contributed by atoms with Gasteiger partial charge in [-0.2, -0.15) is 0 Å². The van der Waals surface area contributed by atoms with Crippen LogP contribution in [0.1, 0.15) is 31.3 Å². The normalized spacial score (nSPS) is 12.2. The minimum Gasteiger partial charge on any atom is -0.480 e. The predicted octanol–water partition coefficient (Wildman–Crippen LogP) is 1.52. The molecule has 1 atom stereocenters. The van der Waals surface area contributed by atoms with E-state index >= 15 is 0 Å². The molecule has 18 heavy (non-hydrogen) atoms. The molecule has 6 nitrogen and oxygen atoms in total. The van der Waals surface area contributed by atoms with E-state index in [4.69, 9.17) is 14.3 Å². The third kappa shape index (κ3) is 3.51. The number of nitrogens with one attached hydrogen (secondary N) is 1. The molecule has 1 aromatic heterocycles. The Morgan fingerprint density at radius 2 is 2.11 bits per heavy atom. The highest BCUT2D eigenvalue weighted by Gasteiger charge is 2.25. The molecule has 0 spiro atoms. The molecule has 0 aromatic carbocycles. The van der Waals surface area contributed by atoms with Crippen LogP contribution < -0.4 is 10.1 Å². The second-order valence-electron chi connectivity index (χ2n) is 4.09. The fraction of sp³-hybridized carbons (Fsp3) is 0.500. The van der Waals surface area contributed by atoms with Gasteiger partial charge in [0.2, 0.25) is 0 Å². The fourth-order valence-corrected chi connectivity index (χ4v) is 1.39. The molecule has 0 unspecified atom stereocenters. The SMILES string of the molecule is CCOc1ccc(C(=O)N[C@@H](C(=O)O)C(C)C)o1. The molecule has 0 bridgehead atoms. The van der Waals surface area contributed by atoms with Crippen LogP contribution >= 0.6 is 0 Å². The first-order valence-corrected chi connectivity index (χ1v) is 5.72. The second kappa shape index (κ2) is 6.09. The molecule has 0 aliphatic carbocycles. The molecule has 0 radical (unpaired) electrons. The van der Waals surface area contributed by atoms with Crippen LogP contribution in [0.2, 0.25) is 0 Å². The summed E-state index contributed by atoms with van der Waals surface area (Å²) in [5.74, 6) is -1.59. The predicted molar refractivity (Wildman–Crippen MR) is 63.6 cm³/mol. The van der Waals surface area contributed by atoms with Crippen LogP contribution in [-0.4, -0.2) is 29.6 Å². The van der Waals surface area contributed by atoms with E-state index in [0.29, 0.717) is 6.61 Å². The average Bonchev–Trinajstić information content (AvgIpc) is 2.73. The van der Waals surface area contributed by atoms with Crippen LogP contribution in [-0.2, 0) is 4.79 Å². The van der Waals surface area contributed by atoms with Crippen molar-refractivity contribution in [2.45, 2.75) is 26.8 Å². The van der Waals surface area contributed by atoms with E-state index in [-0.39, 0.29) is 17.6 Å². The van der Waals surface area contributed by atoms with Gasteiger partial charge in [0.25, 0.3) is 11.9 Å². The van der Waals surface area contributed by atoms with Crippen LogP contribution in [0.5, 0.6) is 5.95 Å². The van der Waals surface area contributed by atoms with E-state index in [1.807, 2.05) is 0 Å². The number of hydrogen-bond acceptors (Lipinski definition) is 4. The number of carboxylic acids is 1. The molecule has 0 fully saturated rings. The molecule has 1 rings (SSSR count). The highest BCUT2D eigenvalue weighted by Crippen LogP contribution is 2.16. The highest BCUT2D eigenvalue weighted by atomic mass is 16.6. The molecular formula is C12H17NO5. The molecule has 0 saturated carbocycles. The number of ether oxygens (including phenoxy) is 1. The van der Waals surface area contributed by atoms with Crippen molar-refractivity contribution >= 4 is 11.9 Å². The minimum atomic E-state index is -1.07. The summed E-state index contributed by atoms with van der Waals surface area (Å²) >= 11 is 0. The van der Waals surface area contributed by atoms with Crippen LogP contribution in [0.25, 0.3) is 0 Å². The Morgan fingerprint density at radius 3 is 2.61 bits per heavy atom. The van der Waals surface area contributed by atoms with Crippen molar-refractivity contribution < 1.29 is 23.8 Å². The van der Waals surface area contributed by atoms with E-state index in [0.717, 1.165) is 0 Å². The van der Waals surface area contributed by atoms with Crippen molar-refractivity contribution in [2.24, 2.45) is 5.92 Å². The maximum Gasteiger partial charge on any atom is 0.326 e. The first kappa shape index (κ1) is 14.1. The lowest BCUT2D eigenvalue weighted by atomic mass is 10.0. The molecule has 6 heteroatoms. The van der Waals surface area contributed by atoms with Gasteiger partial charge < -0.3 is 19.6 Å². The van der Waals surface area contributed by atoms with Crippen molar-refractivity contribution in [3.8, 4) is 5.95 Å². The molecule has 0 aliphatic rings. The van der Waals surface area contributed by atoms with Gasteiger partial charge in [0.15, 0.2) is 5.76 Å². The fourth-order valence-electron chi connectivity index (χ4n) is 1.39. The van der Waals surface area contributed by atoms with Crippen molar-refractivity contribution in [1.29, 1.82) is 0 Å². The maximum atomic E-state index is 11.8. The van der Waals surface area contributed by atoms with Gasteiger partial charge in [-0.05, 0) is 18.9 Å². The Bertz CT molecular complexity index is 424. The zero-order chi connectivity index (χ0) is 13.7. The van der Waals surface area contributed by atoms with Crippen LogP contribution in [0.4, 0.5) is 0 Å². The van der Waals surface area contributed by atoms with E-state index in [1.165, 1.54) is 12.1 Å². The third-order valence-corrected chi connectivity index (χ3v) is 2.31. The number of carboxylic acid groups (broad SMARTS) is 1. The first-order valence-electron chi connectivity index (χ1n) is 5.72. The van der Waals surface area contributed by atoms with Crippen LogP contribution in [0.3, 0.4) is 0 Å². The molecule has 100 valence electrons. The topological polar surface area (TPSA) is 88.8 Å². The molecule has 0 aliphatic heterocycles. The Labute approximate surface area is 105 Å². The van der Waals surface area contributed by atoms with Crippen molar-refractivity contribution in [3.05, 3.63) is 17.9 Å². The number of amides is 1. The van der Waals surface area contributed by atoms with Crippen molar-refractivity contribution in [2.75, 3.05) is 6.61 Å². The summed E-state index contributed by atoms with van der Waals surface area (Å²) in [6.45, 7) is 5.65. The quantitative estimate of drug-likeness (QED) is 0.804. The molecule has 1 aromatic rings. The average molecular weight is 255 g/mol. The van der Waals surface area contributed by atoms with Gasteiger partial charge in [0, 0.05) is 6.07 Å². The highest BCUT2D eigenvalue weighted by molar-refractivity contribution is 5.94. The number of furan rings is 1. The number of carbonyl (C=O) groups is 2. The smallest absolute Gasteiger partial charge is 0.326 e. The number of aliphatic carboxylic acids is 1. The lowest BCUT2D eigenvalue weighted by Crippen LogP contribution is -2.44. The summed E-state index contributed by atoms with van der Waals surface area (Å²) < 4.78 is 10.2. The number of carbonyl (C=O) groups excluding carboxylic acids is 1. The monoisotopic (exact) mass is 255 g/mol. The molecule has 0 saturated heterocycles. The third-order valence-electron chi connectivity index (χ3n) is 2.31. The van der Waals surface area contributed by atoms with Gasteiger partial charge in [-0.25, -0.2) is 4.79 Å². The zero-order valence-corrected chi connectivity index (χ0v) is 10.6. The molecule has 1 amide bonds. The second-order valence-corrected chi connectivity index (χ2v) is 4.09. The maximum absolute atomic E-state index is 11.8. The van der Waals surface area contributed by atoms with E-state index < -0.39 is 17.9 Å².